The van der Waals surface area contributed by atoms with Gasteiger partial charge in [-0.25, -0.2) is 0 Å². The van der Waals surface area contributed by atoms with Crippen LogP contribution in [0.4, 0.5) is 0 Å². The molecule has 0 radical (unpaired) electrons. The first-order valence-corrected chi connectivity index (χ1v) is 7.75. The van der Waals surface area contributed by atoms with Gasteiger partial charge in [0.2, 0.25) is 0 Å². The molecule has 1 N–H and O–H groups in total. The van der Waals surface area contributed by atoms with Crippen molar-refractivity contribution in [3.8, 4) is 0 Å². The van der Waals surface area contributed by atoms with Crippen molar-refractivity contribution in [2.45, 2.75) is 0 Å². The summed E-state index contributed by atoms with van der Waals surface area (Å²) in [7, 11) is 1.94. The van der Waals surface area contributed by atoms with E-state index in [1.165, 1.54) is 0 Å². The Hall–Kier alpha value is -1.37. The van der Waals surface area contributed by atoms with Crippen molar-refractivity contribution in [3.63, 3.8) is 0 Å². The maximum atomic E-state index is 12.2. The molecular weight excluding hydrogens is 274 g/mol. The lowest BCUT2D eigenvalue weighted by Crippen LogP contribution is -2.41. The van der Waals surface area contributed by atoms with Crippen LogP contribution in [0, 0.1) is 0 Å². The Labute approximate surface area is 122 Å². The van der Waals surface area contributed by atoms with Crippen molar-refractivity contribution in [1.29, 1.82) is 0 Å². The van der Waals surface area contributed by atoms with Gasteiger partial charge in [-0.3, -0.25) is 9.69 Å². The quantitative estimate of drug-likeness (QED) is 0.924. The number of nitrogens with one attached hydrogen (secondary N) is 1. The van der Waals surface area contributed by atoms with E-state index in [-0.39, 0.29) is 5.91 Å². The third kappa shape index (κ3) is 2.72. The molecule has 3 rings (SSSR count). The molecule has 1 aliphatic rings. The van der Waals surface area contributed by atoms with E-state index in [4.69, 9.17) is 4.74 Å². The lowest BCUT2D eigenvalue weighted by atomic mass is 10.3. The minimum Gasteiger partial charge on any atom is -0.379 e. The molecule has 0 aliphatic carbocycles. The Kier molecular flexibility index (Phi) is 4.05. The molecule has 1 fully saturated rings. The summed E-state index contributed by atoms with van der Waals surface area (Å²) in [5.74, 6) is 0.00385. The minimum atomic E-state index is 0.00385. The number of aryl methyl sites for hydroxylation is 1. The molecule has 0 unspecified atom stereocenters. The number of aromatic nitrogens is 1. The van der Waals surface area contributed by atoms with Crippen molar-refractivity contribution >= 4 is 27.5 Å². The highest BCUT2D eigenvalue weighted by Gasteiger charge is 2.14. The number of hydrogen-bond donors (Lipinski definition) is 1. The van der Waals surface area contributed by atoms with Crippen LogP contribution >= 0.6 is 11.3 Å². The van der Waals surface area contributed by atoms with Crippen LogP contribution in [-0.2, 0) is 11.8 Å². The first kappa shape index (κ1) is 13.6. The minimum absolute atomic E-state index is 0.00385. The highest BCUT2D eigenvalue weighted by Crippen LogP contribution is 2.23. The van der Waals surface area contributed by atoms with E-state index >= 15 is 0 Å². The van der Waals surface area contributed by atoms with E-state index in [1.54, 1.807) is 11.3 Å². The zero-order valence-corrected chi connectivity index (χ0v) is 12.4. The standard InChI is InChI=1S/C14H19N3O2S/c1-16-11-2-9-20-13(11)10-12(16)14(18)15-3-4-17-5-7-19-8-6-17/h2,9-10H,3-8H2,1H3,(H,15,18). The predicted molar refractivity (Wildman–Crippen MR) is 80.4 cm³/mol. The van der Waals surface area contributed by atoms with Crippen LogP contribution in [0.25, 0.3) is 10.2 Å². The Morgan fingerprint density at radius 1 is 1.45 bits per heavy atom. The van der Waals surface area contributed by atoms with E-state index in [1.807, 2.05) is 29.1 Å². The van der Waals surface area contributed by atoms with Gasteiger partial charge in [-0.1, -0.05) is 0 Å². The normalized spacial score (nSPS) is 16.6. The van der Waals surface area contributed by atoms with Crippen molar-refractivity contribution in [3.05, 3.63) is 23.2 Å². The summed E-state index contributed by atoms with van der Waals surface area (Å²) in [4.78, 5) is 14.5. The smallest absolute Gasteiger partial charge is 0.268 e. The second-order valence-corrected chi connectivity index (χ2v) is 5.92. The molecule has 0 spiro atoms. The lowest BCUT2D eigenvalue weighted by molar-refractivity contribution is 0.0383. The fourth-order valence-electron chi connectivity index (χ4n) is 2.51. The van der Waals surface area contributed by atoms with Crippen molar-refractivity contribution < 1.29 is 9.53 Å². The average Bonchev–Trinajstić information content (AvgIpc) is 3.03. The molecule has 1 aliphatic heterocycles. The van der Waals surface area contributed by atoms with Gasteiger partial charge in [0.25, 0.3) is 5.91 Å². The first-order chi connectivity index (χ1) is 9.75. The number of hydrogen-bond acceptors (Lipinski definition) is 4. The van der Waals surface area contributed by atoms with E-state index in [0.717, 1.165) is 48.8 Å². The van der Waals surface area contributed by atoms with Crippen LogP contribution in [0.1, 0.15) is 10.5 Å². The van der Waals surface area contributed by atoms with Crippen molar-refractivity contribution in [2.24, 2.45) is 7.05 Å². The lowest BCUT2D eigenvalue weighted by Gasteiger charge is -2.26. The van der Waals surface area contributed by atoms with Crippen LogP contribution < -0.4 is 5.32 Å². The summed E-state index contributed by atoms with van der Waals surface area (Å²) in [6.45, 7) is 5.06. The highest BCUT2D eigenvalue weighted by molar-refractivity contribution is 7.17. The van der Waals surface area contributed by atoms with Gasteiger partial charge in [0, 0.05) is 33.2 Å². The van der Waals surface area contributed by atoms with Crippen LogP contribution in [0.2, 0.25) is 0 Å². The highest BCUT2D eigenvalue weighted by atomic mass is 32.1. The summed E-state index contributed by atoms with van der Waals surface area (Å²) in [5, 5.41) is 5.05. The summed E-state index contributed by atoms with van der Waals surface area (Å²) >= 11 is 1.66. The summed E-state index contributed by atoms with van der Waals surface area (Å²) < 4.78 is 8.42. The second kappa shape index (κ2) is 5.95. The molecule has 20 heavy (non-hydrogen) atoms. The van der Waals surface area contributed by atoms with E-state index in [0.29, 0.717) is 6.54 Å². The summed E-state index contributed by atoms with van der Waals surface area (Å²) in [5.41, 5.74) is 1.85. The van der Waals surface area contributed by atoms with Crippen molar-refractivity contribution in [1.82, 2.24) is 14.8 Å². The molecule has 0 aromatic carbocycles. The molecule has 5 nitrogen and oxygen atoms in total. The zero-order chi connectivity index (χ0) is 13.9. The summed E-state index contributed by atoms with van der Waals surface area (Å²) in [6, 6.07) is 4.01. The van der Waals surface area contributed by atoms with Gasteiger partial charge < -0.3 is 14.6 Å². The largest absolute Gasteiger partial charge is 0.379 e. The molecule has 1 saturated heterocycles. The number of amides is 1. The zero-order valence-electron chi connectivity index (χ0n) is 11.6. The third-order valence-corrected chi connectivity index (χ3v) is 4.57. The van der Waals surface area contributed by atoms with E-state index in [2.05, 4.69) is 10.2 Å². The molecule has 1 amide bonds. The molecule has 6 heteroatoms. The van der Waals surface area contributed by atoms with Gasteiger partial charge in [-0.05, 0) is 17.5 Å². The second-order valence-electron chi connectivity index (χ2n) is 4.97. The monoisotopic (exact) mass is 293 g/mol. The van der Waals surface area contributed by atoms with Gasteiger partial charge in [0.15, 0.2) is 0 Å². The van der Waals surface area contributed by atoms with Gasteiger partial charge in [-0.15, -0.1) is 11.3 Å². The Morgan fingerprint density at radius 3 is 3.00 bits per heavy atom. The number of rotatable bonds is 4. The van der Waals surface area contributed by atoms with Crippen molar-refractivity contribution in [2.75, 3.05) is 39.4 Å². The summed E-state index contributed by atoms with van der Waals surface area (Å²) in [6.07, 6.45) is 0. The number of nitrogens with zero attached hydrogens (tertiary/aromatic N) is 2. The van der Waals surface area contributed by atoms with Crippen LogP contribution in [0.5, 0.6) is 0 Å². The topological polar surface area (TPSA) is 46.5 Å². The van der Waals surface area contributed by atoms with Gasteiger partial charge in [0.05, 0.1) is 23.4 Å². The fraction of sp³-hybridized carbons (Fsp3) is 0.500. The molecule has 2 aromatic heterocycles. The molecule has 108 valence electrons. The van der Waals surface area contributed by atoms with Gasteiger partial charge in [-0.2, -0.15) is 0 Å². The molecule has 3 heterocycles. The molecule has 2 aromatic rings. The Morgan fingerprint density at radius 2 is 2.25 bits per heavy atom. The number of carbonyl (C=O) groups excluding carboxylic acids is 1. The van der Waals surface area contributed by atoms with Crippen LogP contribution in [0.3, 0.4) is 0 Å². The third-order valence-electron chi connectivity index (χ3n) is 3.71. The predicted octanol–water partition coefficient (Wildman–Crippen LogP) is 1.30. The van der Waals surface area contributed by atoms with Gasteiger partial charge in [0.1, 0.15) is 5.69 Å². The molecule has 0 saturated carbocycles. The maximum absolute atomic E-state index is 12.2. The fourth-order valence-corrected chi connectivity index (χ4v) is 3.36. The first-order valence-electron chi connectivity index (χ1n) is 6.87. The maximum Gasteiger partial charge on any atom is 0.268 e. The number of ether oxygens (including phenoxy) is 1. The number of fused-ring (bicyclic) bond motifs is 1. The van der Waals surface area contributed by atoms with Crippen LogP contribution in [0.15, 0.2) is 17.5 Å². The number of thiophene rings is 1. The molecular formula is C14H19N3O2S. The van der Waals surface area contributed by atoms with Crippen LogP contribution in [-0.4, -0.2) is 54.8 Å². The van der Waals surface area contributed by atoms with Gasteiger partial charge >= 0.3 is 0 Å². The number of morpholine rings is 1. The Balaban J connectivity index is 1.56. The molecule has 0 atom stereocenters. The number of carbonyl (C=O) groups is 1. The Bertz CT molecular complexity index is 599. The SMILES string of the molecule is Cn1c(C(=O)NCCN2CCOCC2)cc2sccc21. The van der Waals surface area contributed by atoms with E-state index < -0.39 is 0 Å². The molecule has 0 bridgehead atoms. The average molecular weight is 293 g/mol. The van der Waals surface area contributed by atoms with E-state index in [9.17, 15) is 4.79 Å².